The number of likely N-dealkylation sites (N-methyl/N-ethyl adjacent to an activating group) is 1. The SMILES string of the molecule is CCN(C)C(=O)CN1CCCNCC1. The molecule has 82 valence electrons. The molecule has 4 nitrogen and oxygen atoms in total. The van der Waals surface area contributed by atoms with Crippen molar-refractivity contribution in [3.63, 3.8) is 0 Å². The highest BCUT2D eigenvalue weighted by Gasteiger charge is 2.14. The van der Waals surface area contributed by atoms with Gasteiger partial charge in [-0.1, -0.05) is 0 Å². The first-order valence-electron chi connectivity index (χ1n) is 5.41. The summed E-state index contributed by atoms with van der Waals surface area (Å²) in [6.07, 6.45) is 1.14. The van der Waals surface area contributed by atoms with E-state index in [9.17, 15) is 4.79 Å². The van der Waals surface area contributed by atoms with Gasteiger partial charge in [-0.2, -0.15) is 0 Å². The van der Waals surface area contributed by atoms with Crippen LogP contribution in [0.4, 0.5) is 0 Å². The Kier molecular flexibility index (Phi) is 4.90. The lowest BCUT2D eigenvalue weighted by Gasteiger charge is -2.22. The van der Waals surface area contributed by atoms with Crippen molar-refractivity contribution in [3.05, 3.63) is 0 Å². The van der Waals surface area contributed by atoms with Crippen LogP contribution in [0.25, 0.3) is 0 Å². The Morgan fingerprint density at radius 3 is 2.93 bits per heavy atom. The van der Waals surface area contributed by atoms with Gasteiger partial charge >= 0.3 is 0 Å². The molecule has 0 unspecified atom stereocenters. The standard InChI is InChI=1S/C10H21N3O/c1-3-12(2)10(14)9-13-7-4-5-11-6-8-13/h11H,3-9H2,1-2H3. The smallest absolute Gasteiger partial charge is 0.236 e. The zero-order valence-electron chi connectivity index (χ0n) is 9.25. The summed E-state index contributed by atoms with van der Waals surface area (Å²) in [5, 5.41) is 3.33. The molecular weight excluding hydrogens is 178 g/mol. The number of hydrogen-bond donors (Lipinski definition) is 1. The van der Waals surface area contributed by atoms with Gasteiger partial charge in [0.25, 0.3) is 0 Å². The van der Waals surface area contributed by atoms with Crippen LogP contribution in [-0.2, 0) is 4.79 Å². The minimum Gasteiger partial charge on any atom is -0.345 e. The van der Waals surface area contributed by atoms with Crippen molar-refractivity contribution in [2.45, 2.75) is 13.3 Å². The van der Waals surface area contributed by atoms with Crippen molar-refractivity contribution in [2.24, 2.45) is 0 Å². The molecule has 0 aliphatic carbocycles. The molecule has 1 aliphatic rings. The van der Waals surface area contributed by atoms with Crippen LogP contribution >= 0.6 is 0 Å². The summed E-state index contributed by atoms with van der Waals surface area (Å²) < 4.78 is 0. The molecule has 0 saturated carbocycles. The summed E-state index contributed by atoms with van der Waals surface area (Å²) in [6.45, 7) is 7.48. The molecule has 1 amide bonds. The molecule has 0 radical (unpaired) electrons. The highest BCUT2D eigenvalue weighted by atomic mass is 16.2. The molecule has 14 heavy (non-hydrogen) atoms. The maximum absolute atomic E-state index is 11.6. The van der Waals surface area contributed by atoms with Gasteiger partial charge in [-0.25, -0.2) is 0 Å². The zero-order chi connectivity index (χ0) is 10.4. The first-order valence-corrected chi connectivity index (χ1v) is 5.41. The fourth-order valence-corrected chi connectivity index (χ4v) is 1.55. The Morgan fingerprint density at radius 1 is 1.43 bits per heavy atom. The minimum absolute atomic E-state index is 0.231. The Bertz CT molecular complexity index is 176. The maximum atomic E-state index is 11.6. The van der Waals surface area contributed by atoms with Crippen molar-refractivity contribution in [2.75, 3.05) is 46.3 Å². The van der Waals surface area contributed by atoms with Gasteiger partial charge in [0, 0.05) is 26.7 Å². The molecule has 1 aliphatic heterocycles. The second-order valence-corrected chi connectivity index (χ2v) is 3.79. The summed E-state index contributed by atoms with van der Waals surface area (Å²) >= 11 is 0. The second kappa shape index (κ2) is 5.98. The zero-order valence-corrected chi connectivity index (χ0v) is 9.25. The molecule has 0 bridgehead atoms. The maximum Gasteiger partial charge on any atom is 0.236 e. The third-order valence-electron chi connectivity index (χ3n) is 2.69. The van der Waals surface area contributed by atoms with Gasteiger partial charge in [0.15, 0.2) is 0 Å². The van der Waals surface area contributed by atoms with Crippen LogP contribution < -0.4 is 5.32 Å². The van der Waals surface area contributed by atoms with Crippen LogP contribution in [-0.4, -0.2) is 62.0 Å². The third kappa shape index (κ3) is 3.64. The van der Waals surface area contributed by atoms with Gasteiger partial charge in [0.05, 0.1) is 6.54 Å². The van der Waals surface area contributed by atoms with Crippen LogP contribution in [0.1, 0.15) is 13.3 Å². The summed E-state index contributed by atoms with van der Waals surface area (Å²) in [7, 11) is 1.86. The topological polar surface area (TPSA) is 35.6 Å². The van der Waals surface area contributed by atoms with Gasteiger partial charge in [-0.05, 0) is 26.4 Å². The highest BCUT2D eigenvalue weighted by molar-refractivity contribution is 5.77. The molecular formula is C10H21N3O. The highest BCUT2D eigenvalue weighted by Crippen LogP contribution is 1.96. The van der Waals surface area contributed by atoms with E-state index in [1.807, 2.05) is 14.0 Å². The molecule has 4 heteroatoms. The number of rotatable bonds is 3. The molecule has 1 fully saturated rings. The van der Waals surface area contributed by atoms with Gasteiger partial charge in [0.1, 0.15) is 0 Å². The lowest BCUT2D eigenvalue weighted by molar-refractivity contribution is -0.130. The van der Waals surface area contributed by atoms with Crippen LogP contribution in [0.5, 0.6) is 0 Å². The predicted octanol–water partition coefficient (Wildman–Crippen LogP) is -0.240. The van der Waals surface area contributed by atoms with E-state index in [4.69, 9.17) is 0 Å². The number of nitrogens with zero attached hydrogens (tertiary/aromatic N) is 2. The Hall–Kier alpha value is -0.610. The number of hydrogen-bond acceptors (Lipinski definition) is 3. The minimum atomic E-state index is 0.231. The van der Waals surface area contributed by atoms with E-state index in [-0.39, 0.29) is 5.91 Å². The average Bonchev–Trinajstić information content (AvgIpc) is 2.45. The molecule has 0 spiro atoms. The monoisotopic (exact) mass is 199 g/mol. The number of nitrogens with one attached hydrogen (secondary N) is 1. The Morgan fingerprint density at radius 2 is 2.21 bits per heavy atom. The van der Waals surface area contributed by atoms with E-state index in [1.165, 1.54) is 0 Å². The number of carbonyl (C=O) groups excluding carboxylic acids is 1. The molecule has 0 aromatic carbocycles. The lowest BCUT2D eigenvalue weighted by Crippen LogP contribution is -2.39. The van der Waals surface area contributed by atoms with Crippen LogP contribution in [0.2, 0.25) is 0 Å². The van der Waals surface area contributed by atoms with E-state index in [0.717, 1.165) is 39.1 Å². The van der Waals surface area contributed by atoms with Gasteiger partial charge in [-0.3, -0.25) is 9.69 Å². The average molecular weight is 199 g/mol. The molecule has 0 aromatic rings. The Labute approximate surface area is 86.2 Å². The van der Waals surface area contributed by atoms with Crippen molar-refractivity contribution in [3.8, 4) is 0 Å². The first kappa shape index (κ1) is 11.5. The quantitative estimate of drug-likeness (QED) is 0.681. The van der Waals surface area contributed by atoms with E-state index >= 15 is 0 Å². The molecule has 1 saturated heterocycles. The fraction of sp³-hybridized carbons (Fsp3) is 0.900. The summed E-state index contributed by atoms with van der Waals surface area (Å²) in [6, 6.07) is 0. The Balaban J connectivity index is 2.30. The molecule has 1 rings (SSSR count). The van der Waals surface area contributed by atoms with Gasteiger partial charge < -0.3 is 10.2 Å². The largest absolute Gasteiger partial charge is 0.345 e. The second-order valence-electron chi connectivity index (χ2n) is 3.79. The summed E-state index contributed by atoms with van der Waals surface area (Å²) in [5.74, 6) is 0.231. The molecule has 0 atom stereocenters. The van der Waals surface area contributed by atoms with Crippen molar-refractivity contribution >= 4 is 5.91 Å². The lowest BCUT2D eigenvalue weighted by atomic mass is 10.3. The van der Waals surface area contributed by atoms with E-state index in [1.54, 1.807) is 4.90 Å². The van der Waals surface area contributed by atoms with E-state index in [2.05, 4.69) is 10.2 Å². The van der Waals surface area contributed by atoms with Gasteiger partial charge in [0.2, 0.25) is 5.91 Å². The van der Waals surface area contributed by atoms with Crippen LogP contribution in [0.3, 0.4) is 0 Å². The van der Waals surface area contributed by atoms with Crippen LogP contribution in [0, 0.1) is 0 Å². The summed E-state index contributed by atoms with van der Waals surface area (Å²) in [4.78, 5) is 15.6. The molecule has 1 heterocycles. The van der Waals surface area contributed by atoms with Gasteiger partial charge in [-0.15, -0.1) is 0 Å². The molecule has 1 N–H and O–H groups in total. The first-order chi connectivity index (χ1) is 6.74. The molecule has 0 aromatic heterocycles. The number of amides is 1. The van der Waals surface area contributed by atoms with Crippen molar-refractivity contribution in [1.29, 1.82) is 0 Å². The van der Waals surface area contributed by atoms with Crippen LogP contribution in [0.15, 0.2) is 0 Å². The van der Waals surface area contributed by atoms with E-state index in [0.29, 0.717) is 6.54 Å². The third-order valence-corrected chi connectivity index (χ3v) is 2.69. The fourth-order valence-electron chi connectivity index (χ4n) is 1.55. The predicted molar refractivity (Wildman–Crippen MR) is 57.2 cm³/mol. The van der Waals surface area contributed by atoms with E-state index < -0.39 is 0 Å². The normalized spacial score (nSPS) is 19.0. The number of carbonyl (C=O) groups is 1. The van der Waals surface area contributed by atoms with Crippen molar-refractivity contribution < 1.29 is 4.79 Å². The summed E-state index contributed by atoms with van der Waals surface area (Å²) in [5.41, 5.74) is 0. The van der Waals surface area contributed by atoms with Crippen molar-refractivity contribution in [1.82, 2.24) is 15.1 Å².